The molecule has 144 valence electrons. The molecule has 3 aromatic rings. The third-order valence-corrected chi connectivity index (χ3v) is 5.41. The summed E-state index contributed by atoms with van der Waals surface area (Å²) in [6.45, 7) is 2.07. The van der Waals surface area contributed by atoms with Gasteiger partial charge < -0.3 is 14.5 Å². The second-order valence-corrected chi connectivity index (χ2v) is 7.84. The number of anilines is 1. The molecule has 9 nitrogen and oxygen atoms in total. The average molecular weight is 464 g/mol. The van der Waals surface area contributed by atoms with Crippen LogP contribution in [0.15, 0.2) is 44.4 Å². The minimum Gasteiger partial charge on any atom is -0.444 e. The second kappa shape index (κ2) is 7.76. The molecule has 1 atom stereocenters. The highest BCUT2D eigenvalue weighted by Crippen LogP contribution is 2.41. The fraction of sp³-hybridized carbons (Fsp3) is 0.235. The predicted octanol–water partition coefficient (Wildman–Crippen LogP) is 4.81. The Labute approximate surface area is 172 Å². The summed E-state index contributed by atoms with van der Waals surface area (Å²) in [6.07, 6.45) is 0.165. The van der Waals surface area contributed by atoms with Gasteiger partial charge in [-0.1, -0.05) is 34.6 Å². The van der Waals surface area contributed by atoms with E-state index in [0.29, 0.717) is 10.9 Å². The normalized spacial score (nSPS) is 15.0. The first-order valence-electron chi connectivity index (χ1n) is 8.40. The Morgan fingerprint density at radius 1 is 1.32 bits per heavy atom. The maximum absolute atomic E-state index is 11.0. The molecular weight excluding hydrogens is 450 g/mol. The molecule has 0 saturated heterocycles. The SMILES string of the molecule is CCCSc1nnc2c(n1)OC(c1ccc([N+](=O)[O-])o1)Nc1ccc(Br)cc1-2. The zero-order chi connectivity index (χ0) is 19.7. The predicted molar refractivity (Wildman–Crippen MR) is 106 cm³/mol. The van der Waals surface area contributed by atoms with E-state index >= 15 is 0 Å². The molecule has 0 amide bonds. The monoisotopic (exact) mass is 463 g/mol. The van der Waals surface area contributed by atoms with Crippen LogP contribution in [-0.4, -0.2) is 25.9 Å². The summed E-state index contributed by atoms with van der Waals surface area (Å²) in [5.74, 6) is 1.03. The summed E-state index contributed by atoms with van der Waals surface area (Å²) in [5.41, 5.74) is 1.95. The van der Waals surface area contributed by atoms with Crippen LogP contribution in [0, 0.1) is 10.1 Å². The Kier molecular flexibility index (Phi) is 5.18. The van der Waals surface area contributed by atoms with Crippen molar-refractivity contribution in [2.24, 2.45) is 0 Å². The molecule has 11 heteroatoms. The number of nitrogens with one attached hydrogen (secondary N) is 1. The summed E-state index contributed by atoms with van der Waals surface area (Å²) in [6, 6.07) is 8.39. The van der Waals surface area contributed by atoms with Gasteiger partial charge in [-0.05, 0) is 30.7 Å². The van der Waals surface area contributed by atoms with Gasteiger partial charge in [0.15, 0.2) is 11.5 Å². The van der Waals surface area contributed by atoms with E-state index in [2.05, 4.69) is 43.4 Å². The Morgan fingerprint density at radius 3 is 2.93 bits per heavy atom. The summed E-state index contributed by atoms with van der Waals surface area (Å²) in [5, 5.41) is 23.2. The molecule has 28 heavy (non-hydrogen) atoms. The fourth-order valence-electron chi connectivity index (χ4n) is 2.63. The summed E-state index contributed by atoms with van der Waals surface area (Å²) >= 11 is 4.94. The number of hydrogen-bond acceptors (Lipinski definition) is 9. The van der Waals surface area contributed by atoms with Crippen molar-refractivity contribution in [1.29, 1.82) is 0 Å². The molecule has 0 bridgehead atoms. The minimum absolute atomic E-state index is 0.259. The van der Waals surface area contributed by atoms with Gasteiger partial charge in [-0.25, -0.2) is 0 Å². The van der Waals surface area contributed by atoms with Crippen molar-refractivity contribution >= 4 is 39.3 Å². The molecule has 1 aliphatic rings. The molecule has 0 saturated carbocycles. The zero-order valence-electron chi connectivity index (χ0n) is 14.6. The van der Waals surface area contributed by atoms with Crippen LogP contribution in [0.5, 0.6) is 5.88 Å². The number of thioether (sulfide) groups is 1. The molecular formula is C17H14BrN5O4S. The summed E-state index contributed by atoms with van der Waals surface area (Å²) in [4.78, 5) is 14.9. The van der Waals surface area contributed by atoms with Crippen LogP contribution in [-0.2, 0) is 0 Å². The van der Waals surface area contributed by atoms with Crippen LogP contribution in [0.2, 0.25) is 0 Å². The first kappa shape index (κ1) is 18.7. The summed E-state index contributed by atoms with van der Waals surface area (Å²) in [7, 11) is 0. The molecule has 0 radical (unpaired) electrons. The molecule has 4 rings (SSSR count). The molecule has 1 aliphatic heterocycles. The van der Waals surface area contributed by atoms with Crippen LogP contribution >= 0.6 is 27.7 Å². The van der Waals surface area contributed by atoms with Gasteiger partial charge >= 0.3 is 5.88 Å². The Hall–Kier alpha value is -2.66. The lowest BCUT2D eigenvalue weighted by Crippen LogP contribution is -2.16. The Bertz CT molecular complexity index is 1040. The molecule has 1 N–H and O–H groups in total. The standard InChI is InChI=1S/C17H14BrN5O4S/c1-2-7-28-17-20-16-14(21-22-17)10-8-9(18)3-4-11(10)19-15(27-16)12-5-6-13(26-12)23(24)25/h3-6,8,15,19H,2,7H2,1H3. The number of hydrogen-bond donors (Lipinski definition) is 1. The van der Waals surface area contributed by atoms with Gasteiger partial charge in [-0.3, -0.25) is 10.1 Å². The number of furan rings is 1. The third kappa shape index (κ3) is 3.67. The second-order valence-electron chi connectivity index (χ2n) is 5.86. The smallest absolute Gasteiger partial charge is 0.433 e. The number of aromatic nitrogens is 3. The summed E-state index contributed by atoms with van der Waals surface area (Å²) < 4.78 is 12.2. The highest BCUT2D eigenvalue weighted by atomic mass is 79.9. The number of nitrogens with zero attached hydrogens (tertiary/aromatic N) is 4. The van der Waals surface area contributed by atoms with Crippen LogP contribution in [0.4, 0.5) is 11.6 Å². The molecule has 2 aromatic heterocycles. The number of rotatable bonds is 5. The van der Waals surface area contributed by atoms with Gasteiger partial charge in [-0.15, -0.1) is 10.2 Å². The number of fused-ring (bicyclic) bond motifs is 3. The lowest BCUT2D eigenvalue weighted by molar-refractivity contribution is -0.402. The molecule has 0 spiro atoms. The van der Waals surface area contributed by atoms with E-state index in [-0.39, 0.29) is 17.5 Å². The molecule has 0 fully saturated rings. The van der Waals surface area contributed by atoms with E-state index in [4.69, 9.17) is 9.15 Å². The van der Waals surface area contributed by atoms with Gasteiger partial charge in [0.2, 0.25) is 17.3 Å². The molecule has 3 heterocycles. The minimum atomic E-state index is -0.810. The van der Waals surface area contributed by atoms with Crippen molar-refractivity contribution in [3.05, 3.63) is 50.7 Å². The Morgan fingerprint density at radius 2 is 2.18 bits per heavy atom. The number of benzene rings is 1. The highest BCUT2D eigenvalue weighted by Gasteiger charge is 2.29. The van der Waals surface area contributed by atoms with Crippen molar-refractivity contribution in [2.75, 3.05) is 11.1 Å². The first-order valence-corrected chi connectivity index (χ1v) is 10.2. The van der Waals surface area contributed by atoms with E-state index in [0.717, 1.165) is 27.9 Å². The van der Waals surface area contributed by atoms with Crippen molar-refractivity contribution in [3.8, 4) is 17.1 Å². The van der Waals surface area contributed by atoms with Crippen molar-refractivity contribution in [2.45, 2.75) is 24.7 Å². The first-order chi connectivity index (χ1) is 13.5. The topological polar surface area (TPSA) is 116 Å². The van der Waals surface area contributed by atoms with Gasteiger partial charge in [0.1, 0.15) is 4.92 Å². The maximum Gasteiger partial charge on any atom is 0.433 e. The van der Waals surface area contributed by atoms with Crippen molar-refractivity contribution in [3.63, 3.8) is 0 Å². The number of ether oxygens (including phenoxy) is 1. The number of nitro groups is 1. The van der Waals surface area contributed by atoms with Crippen molar-refractivity contribution in [1.82, 2.24) is 15.2 Å². The molecule has 0 aliphatic carbocycles. The fourth-order valence-corrected chi connectivity index (χ4v) is 3.63. The van der Waals surface area contributed by atoms with Crippen LogP contribution < -0.4 is 10.1 Å². The van der Waals surface area contributed by atoms with E-state index < -0.39 is 11.2 Å². The van der Waals surface area contributed by atoms with Crippen molar-refractivity contribution < 1.29 is 14.1 Å². The van der Waals surface area contributed by atoms with E-state index in [9.17, 15) is 10.1 Å². The molecule has 1 aromatic carbocycles. The largest absolute Gasteiger partial charge is 0.444 e. The highest BCUT2D eigenvalue weighted by molar-refractivity contribution is 9.10. The van der Waals surface area contributed by atoms with Crippen LogP contribution in [0.1, 0.15) is 25.3 Å². The van der Waals surface area contributed by atoms with Gasteiger partial charge in [0, 0.05) is 21.5 Å². The zero-order valence-corrected chi connectivity index (χ0v) is 17.0. The quantitative estimate of drug-likeness (QED) is 0.323. The van der Waals surface area contributed by atoms with Crippen LogP contribution in [0.25, 0.3) is 11.3 Å². The van der Waals surface area contributed by atoms with E-state index in [1.54, 1.807) is 0 Å². The van der Waals surface area contributed by atoms with Gasteiger partial charge in [0.05, 0.1) is 6.07 Å². The van der Waals surface area contributed by atoms with E-state index in [1.807, 2.05) is 18.2 Å². The lowest BCUT2D eigenvalue weighted by Gasteiger charge is -2.16. The third-order valence-electron chi connectivity index (χ3n) is 3.87. The van der Waals surface area contributed by atoms with E-state index in [1.165, 1.54) is 23.9 Å². The Balaban J connectivity index is 1.79. The van der Waals surface area contributed by atoms with Gasteiger partial charge in [0.25, 0.3) is 0 Å². The van der Waals surface area contributed by atoms with Gasteiger partial charge in [-0.2, -0.15) is 4.98 Å². The molecule has 1 unspecified atom stereocenters. The average Bonchev–Trinajstić information content (AvgIpc) is 3.12. The number of halogens is 1. The van der Waals surface area contributed by atoms with Crippen LogP contribution in [0.3, 0.4) is 0 Å². The lowest BCUT2D eigenvalue weighted by atomic mass is 10.1. The maximum atomic E-state index is 11.0.